The van der Waals surface area contributed by atoms with Crippen LogP contribution in [0.1, 0.15) is 5.56 Å². The Balaban J connectivity index is 2.11. The lowest BCUT2D eigenvalue weighted by atomic mass is 10.2. The summed E-state index contributed by atoms with van der Waals surface area (Å²) in [6.07, 6.45) is 1.40. The van der Waals surface area contributed by atoms with Crippen LogP contribution in [0.2, 0.25) is 0 Å². The zero-order chi connectivity index (χ0) is 9.97. The van der Waals surface area contributed by atoms with E-state index >= 15 is 0 Å². The van der Waals surface area contributed by atoms with Crippen molar-refractivity contribution in [1.82, 2.24) is 0 Å². The van der Waals surface area contributed by atoms with Crippen LogP contribution in [-0.4, -0.2) is 18.4 Å². The number of hydrogen-bond acceptors (Lipinski definition) is 3. The summed E-state index contributed by atoms with van der Waals surface area (Å²) in [4.78, 5) is 9.50. The first-order chi connectivity index (χ1) is 6.79. The maximum Gasteiger partial charge on any atom is 0.190 e. The highest BCUT2D eigenvalue weighted by Gasteiger charge is 2.17. The number of benzene rings is 1. The van der Waals surface area contributed by atoms with Crippen LogP contribution >= 0.6 is 11.6 Å². The lowest BCUT2D eigenvalue weighted by Crippen LogP contribution is -2.20. The fourth-order valence-electron chi connectivity index (χ4n) is 1.21. The second kappa shape index (κ2) is 3.98. The predicted molar refractivity (Wildman–Crippen MR) is 57.7 cm³/mol. The van der Waals surface area contributed by atoms with E-state index in [1.54, 1.807) is 11.4 Å². The van der Waals surface area contributed by atoms with E-state index in [4.69, 9.17) is 16.4 Å². The highest BCUT2D eigenvalue weighted by molar-refractivity contribution is 6.18. The second-order valence-electron chi connectivity index (χ2n) is 3.14. The lowest BCUT2D eigenvalue weighted by molar-refractivity contribution is 0.104. The zero-order valence-electron chi connectivity index (χ0n) is 7.85. The zero-order valence-corrected chi connectivity index (χ0v) is 8.61. The molecule has 1 atom stereocenters. The number of anilines is 1. The average Bonchev–Trinajstić information content (AvgIpc) is 2.67. The minimum atomic E-state index is -0.252. The molecule has 0 N–H and O–H groups in total. The molecule has 1 aliphatic heterocycles. The Bertz CT molecular complexity index is 336. The first-order valence-electron chi connectivity index (χ1n) is 4.41. The Morgan fingerprint density at radius 1 is 1.43 bits per heavy atom. The molecule has 0 aliphatic carbocycles. The van der Waals surface area contributed by atoms with Crippen LogP contribution in [0.4, 0.5) is 5.69 Å². The highest BCUT2D eigenvalue weighted by Crippen LogP contribution is 2.19. The Morgan fingerprint density at radius 2 is 2.14 bits per heavy atom. The van der Waals surface area contributed by atoms with E-state index in [0.717, 1.165) is 5.69 Å². The predicted octanol–water partition coefficient (Wildman–Crippen LogP) is 2.34. The molecule has 1 unspecified atom stereocenters. The molecule has 74 valence electrons. The van der Waals surface area contributed by atoms with Crippen molar-refractivity contribution in [2.24, 2.45) is 4.99 Å². The number of hydrogen-bond donors (Lipinski definition) is 0. The Labute approximate surface area is 87.9 Å². The standard InChI is InChI=1S/C10H11ClN2O/c1-8-2-4-9(5-3-8)13-7-12-10(6-11)14-13/h2-5,7,10H,6H2,1H3. The van der Waals surface area contributed by atoms with Gasteiger partial charge in [-0.25, -0.2) is 14.9 Å². The van der Waals surface area contributed by atoms with Gasteiger partial charge in [-0.3, -0.25) is 0 Å². The van der Waals surface area contributed by atoms with Gasteiger partial charge in [-0.05, 0) is 19.1 Å². The van der Waals surface area contributed by atoms with Crippen LogP contribution in [0, 0.1) is 6.92 Å². The van der Waals surface area contributed by atoms with E-state index in [1.807, 2.05) is 31.2 Å². The number of aliphatic imine (C=N–C) groups is 1. The summed E-state index contributed by atoms with van der Waals surface area (Å²) in [6, 6.07) is 8.02. The SMILES string of the molecule is Cc1ccc(N2C=NC(CCl)O2)cc1. The molecular formula is C10H11ClN2O. The fraction of sp³-hybridized carbons (Fsp3) is 0.300. The molecule has 14 heavy (non-hydrogen) atoms. The van der Waals surface area contributed by atoms with Gasteiger partial charge in [0.2, 0.25) is 0 Å². The second-order valence-corrected chi connectivity index (χ2v) is 3.45. The molecule has 0 radical (unpaired) electrons. The summed E-state index contributed by atoms with van der Waals surface area (Å²) in [5.41, 5.74) is 2.19. The summed E-state index contributed by atoms with van der Waals surface area (Å²) < 4.78 is 0. The maximum atomic E-state index is 5.62. The lowest BCUT2D eigenvalue weighted by Gasteiger charge is -2.14. The summed E-state index contributed by atoms with van der Waals surface area (Å²) in [5, 5.41) is 1.63. The minimum absolute atomic E-state index is 0.252. The van der Waals surface area contributed by atoms with E-state index in [2.05, 4.69) is 4.99 Å². The number of rotatable bonds is 2. The van der Waals surface area contributed by atoms with Gasteiger partial charge >= 0.3 is 0 Å². The van der Waals surface area contributed by atoms with E-state index < -0.39 is 0 Å². The third-order valence-corrected chi connectivity index (χ3v) is 2.26. The van der Waals surface area contributed by atoms with E-state index in [9.17, 15) is 0 Å². The number of aryl methyl sites for hydroxylation is 1. The third-order valence-electron chi connectivity index (χ3n) is 1.99. The van der Waals surface area contributed by atoms with Gasteiger partial charge in [0.1, 0.15) is 6.34 Å². The van der Waals surface area contributed by atoms with Crippen LogP contribution in [0.5, 0.6) is 0 Å². The summed E-state index contributed by atoms with van der Waals surface area (Å²) in [5.74, 6) is 0.374. The van der Waals surface area contributed by atoms with Gasteiger partial charge in [0, 0.05) is 0 Å². The molecule has 0 bridgehead atoms. The summed E-state index contributed by atoms with van der Waals surface area (Å²) in [7, 11) is 0. The quantitative estimate of drug-likeness (QED) is 0.700. The molecule has 1 aromatic rings. The van der Waals surface area contributed by atoms with Crippen LogP contribution in [0.3, 0.4) is 0 Å². The van der Waals surface area contributed by atoms with Crippen molar-refractivity contribution in [2.75, 3.05) is 10.9 Å². The minimum Gasteiger partial charge on any atom is -0.239 e. The van der Waals surface area contributed by atoms with Crippen molar-refractivity contribution in [3.63, 3.8) is 0 Å². The van der Waals surface area contributed by atoms with Crippen LogP contribution < -0.4 is 5.06 Å². The smallest absolute Gasteiger partial charge is 0.190 e. The molecule has 1 heterocycles. The molecule has 0 saturated carbocycles. The van der Waals surface area contributed by atoms with E-state index in [0.29, 0.717) is 5.88 Å². The highest BCUT2D eigenvalue weighted by atomic mass is 35.5. The first kappa shape index (κ1) is 9.49. The van der Waals surface area contributed by atoms with Crippen molar-refractivity contribution in [3.8, 4) is 0 Å². The van der Waals surface area contributed by atoms with Crippen molar-refractivity contribution in [2.45, 2.75) is 13.2 Å². The van der Waals surface area contributed by atoms with Gasteiger partial charge in [0.25, 0.3) is 0 Å². The van der Waals surface area contributed by atoms with Crippen LogP contribution in [-0.2, 0) is 4.84 Å². The topological polar surface area (TPSA) is 24.8 Å². The Morgan fingerprint density at radius 3 is 2.71 bits per heavy atom. The van der Waals surface area contributed by atoms with Gasteiger partial charge in [0.05, 0.1) is 11.6 Å². The molecule has 0 spiro atoms. The van der Waals surface area contributed by atoms with Gasteiger partial charge in [-0.1, -0.05) is 17.7 Å². The van der Waals surface area contributed by atoms with Crippen molar-refractivity contribution in [3.05, 3.63) is 29.8 Å². The molecule has 0 fully saturated rings. The van der Waals surface area contributed by atoms with Crippen molar-refractivity contribution < 1.29 is 4.84 Å². The number of hydroxylamine groups is 1. The molecule has 1 aromatic carbocycles. The third kappa shape index (κ3) is 1.89. The molecule has 4 heteroatoms. The van der Waals surface area contributed by atoms with Crippen LogP contribution in [0.25, 0.3) is 0 Å². The molecule has 2 rings (SSSR count). The average molecular weight is 211 g/mol. The van der Waals surface area contributed by atoms with Crippen molar-refractivity contribution >= 4 is 23.6 Å². The fourth-order valence-corrected chi connectivity index (χ4v) is 1.34. The molecule has 0 saturated heterocycles. The van der Waals surface area contributed by atoms with Gasteiger partial charge in [-0.2, -0.15) is 0 Å². The van der Waals surface area contributed by atoms with Gasteiger partial charge < -0.3 is 0 Å². The van der Waals surface area contributed by atoms with Crippen LogP contribution in [0.15, 0.2) is 29.3 Å². The maximum absolute atomic E-state index is 5.62. The Kier molecular flexibility index (Phi) is 2.70. The summed E-state index contributed by atoms with van der Waals surface area (Å²) >= 11 is 5.62. The number of nitrogens with zero attached hydrogens (tertiary/aromatic N) is 2. The number of alkyl halides is 1. The molecule has 3 nitrogen and oxygen atoms in total. The largest absolute Gasteiger partial charge is 0.239 e. The van der Waals surface area contributed by atoms with Gasteiger partial charge in [-0.15, -0.1) is 11.6 Å². The molecule has 1 aliphatic rings. The molecule has 0 amide bonds. The normalized spacial score (nSPS) is 20.4. The summed E-state index contributed by atoms with van der Waals surface area (Å²) in [6.45, 7) is 2.05. The molecular weight excluding hydrogens is 200 g/mol. The van der Waals surface area contributed by atoms with E-state index in [1.165, 1.54) is 5.56 Å². The monoisotopic (exact) mass is 210 g/mol. The Hall–Kier alpha value is -1.06. The van der Waals surface area contributed by atoms with E-state index in [-0.39, 0.29) is 6.23 Å². The number of halogens is 1. The van der Waals surface area contributed by atoms with Gasteiger partial charge in [0.15, 0.2) is 6.23 Å². The first-order valence-corrected chi connectivity index (χ1v) is 4.95. The molecule has 0 aromatic heterocycles. The van der Waals surface area contributed by atoms with Crippen molar-refractivity contribution in [1.29, 1.82) is 0 Å².